The van der Waals surface area contributed by atoms with Gasteiger partial charge in [-0.05, 0) is 24.3 Å². The van der Waals surface area contributed by atoms with E-state index in [4.69, 9.17) is 21.9 Å². The van der Waals surface area contributed by atoms with Crippen molar-refractivity contribution in [1.82, 2.24) is 19.9 Å². The standard InChI is InChI=1S/C14H13N7O2/c15-11-10-13(21-14(17)20-11)18-5-8(19-10)6-23-9-3-1-7(2-4-9)12(16)22/h1-5H,6H2,(H2,16,22)(H4,15,17,18,20,21). The van der Waals surface area contributed by atoms with Crippen LogP contribution in [0.4, 0.5) is 11.8 Å². The molecule has 6 N–H and O–H groups in total. The van der Waals surface area contributed by atoms with E-state index in [1.54, 1.807) is 24.3 Å². The number of nitrogens with two attached hydrogens (primary N) is 3. The third-order valence-corrected chi connectivity index (χ3v) is 3.03. The van der Waals surface area contributed by atoms with Crippen molar-refractivity contribution in [3.05, 3.63) is 41.7 Å². The number of hydrogen-bond acceptors (Lipinski definition) is 8. The molecule has 1 aromatic carbocycles. The Morgan fingerprint density at radius 2 is 1.83 bits per heavy atom. The number of carbonyl (C=O) groups excluding carboxylic acids is 1. The van der Waals surface area contributed by atoms with Crippen LogP contribution in [-0.4, -0.2) is 25.8 Å². The molecule has 0 saturated carbocycles. The second kappa shape index (κ2) is 5.72. The highest BCUT2D eigenvalue weighted by Crippen LogP contribution is 2.16. The van der Waals surface area contributed by atoms with E-state index in [1.165, 1.54) is 6.20 Å². The average molecular weight is 311 g/mol. The van der Waals surface area contributed by atoms with Crippen molar-refractivity contribution in [2.75, 3.05) is 11.5 Å². The first-order chi connectivity index (χ1) is 11.0. The van der Waals surface area contributed by atoms with Crippen molar-refractivity contribution in [2.24, 2.45) is 5.73 Å². The van der Waals surface area contributed by atoms with Gasteiger partial charge in [-0.15, -0.1) is 0 Å². The van der Waals surface area contributed by atoms with Gasteiger partial charge in [0.25, 0.3) is 0 Å². The molecule has 0 unspecified atom stereocenters. The lowest BCUT2D eigenvalue weighted by atomic mass is 10.2. The van der Waals surface area contributed by atoms with Gasteiger partial charge in [0.2, 0.25) is 11.9 Å². The topological polar surface area (TPSA) is 156 Å². The molecule has 0 saturated heterocycles. The molecule has 3 rings (SSSR count). The summed E-state index contributed by atoms with van der Waals surface area (Å²) in [5.41, 5.74) is 18.1. The van der Waals surface area contributed by atoms with E-state index in [0.717, 1.165) is 0 Å². The van der Waals surface area contributed by atoms with Crippen molar-refractivity contribution in [3.8, 4) is 5.75 Å². The molecule has 116 valence electrons. The zero-order valence-corrected chi connectivity index (χ0v) is 11.9. The van der Waals surface area contributed by atoms with Crippen molar-refractivity contribution in [3.63, 3.8) is 0 Å². The number of nitrogen functional groups attached to an aromatic ring is 2. The van der Waals surface area contributed by atoms with Crippen LogP contribution >= 0.6 is 0 Å². The predicted molar refractivity (Wildman–Crippen MR) is 83.2 cm³/mol. The van der Waals surface area contributed by atoms with Crippen LogP contribution in [0.2, 0.25) is 0 Å². The fraction of sp³-hybridized carbons (Fsp3) is 0.0714. The Bertz CT molecular complexity index is 880. The van der Waals surface area contributed by atoms with Crippen LogP contribution in [0, 0.1) is 0 Å². The Hall–Kier alpha value is -3.49. The molecule has 0 radical (unpaired) electrons. The second-order valence-corrected chi connectivity index (χ2v) is 4.68. The number of nitrogens with zero attached hydrogens (tertiary/aromatic N) is 4. The summed E-state index contributed by atoms with van der Waals surface area (Å²) in [6, 6.07) is 6.45. The Kier molecular flexibility index (Phi) is 3.59. The first kappa shape index (κ1) is 14.4. The molecule has 9 heteroatoms. The van der Waals surface area contributed by atoms with Crippen LogP contribution in [0.15, 0.2) is 30.5 Å². The van der Waals surface area contributed by atoms with E-state index in [2.05, 4.69) is 19.9 Å². The minimum absolute atomic E-state index is 0.0443. The summed E-state index contributed by atoms with van der Waals surface area (Å²) in [7, 11) is 0. The molecule has 23 heavy (non-hydrogen) atoms. The average Bonchev–Trinajstić information content (AvgIpc) is 2.53. The minimum atomic E-state index is -0.494. The molecule has 0 bridgehead atoms. The van der Waals surface area contributed by atoms with Crippen LogP contribution in [0.3, 0.4) is 0 Å². The van der Waals surface area contributed by atoms with Crippen molar-refractivity contribution < 1.29 is 9.53 Å². The highest BCUT2D eigenvalue weighted by molar-refractivity contribution is 5.92. The third-order valence-electron chi connectivity index (χ3n) is 3.03. The van der Waals surface area contributed by atoms with Gasteiger partial charge in [-0.3, -0.25) is 4.79 Å². The Morgan fingerprint density at radius 1 is 1.09 bits per heavy atom. The summed E-state index contributed by atoms with van der Waals surface area (Å²) in [5, 5.41) is 0. The SMILES string of the molecule is NC(=O)c1ccc(OCc2cnc3nc(N)nc(N)c3n2)cc1. The quantitative estimate of drug-likeness (QED) is 0.619. The summed E-state index contributed by atoms with van der Waals surface area (Å²) in [6.45, 7) is 0.169. The normalized spacial score (nSPS) is 10.6. The van der Waals surface area contributed by atoms with E-state index < -0.39 is 5.91 Å². The van der Waals surface area contributed by atoms with E-state index in [1.807, 2.05) is 0 Å². The number of amides is 1. The van der Waals surface area contributed by atoms with Crippen LogP contribution in [0.5, 0.6) is 5.75 Å². The van der Waals surface area contributed by atoms with E-state index in [-0.39, 0.29) is 18.4 Å². The number of hydrogen-bond donors (Lipinski definition) is 3. The zero-order valence-electron chi connectivity index (χ0n) is 11.9. The Labute approximate surface area is 130 Å². The Balaban J connectivity index is 1.78. The number of fused-ring (bicyclic) bond motifs is 1. The molecular weight excluding hydrogens is 298 g/mol. The minimum Gasteiger partial charge on any atom is -0.487 e. The molecule has 0 aliphatic rings. The van der Waals surface area contributed by atoms with Gasteiger partial charge < -0.3 is 21.9 Å². The zero-order chi connectivity index (χ0) is 16.4. The molecule has 1 amide bonds. The van der Waals surface area contributed by atoms with Gasteiger partial charge in [-0.1, -0.05) is 0 Å². The largest absolute Gasteiger partial charge is 0.487 e. The summed E-state index contributed by atoms with van der Waals surface area (Å²) in [6.07, 6.45) is 1.52. The molecule has 2 aromatic heterocycles. The van der Waals surface area contributed by atoms with Crippen molar-refractivity contribution >= 4 is 28.8 Å². The molecule has 0 aliphatic carbocycles. The van der Waals surface area contributed by atoms with Gasteiger partial charge in [-0.2, -0.15) is 9.97 Å². The number of anilines is 2. The fourth-order valence-electron chi connectivity index (χ4n) is 1.93. The molecule has 0 fully saturated rings. The number of benzene rings is 1. The number of aromatic nitrogens is 4. The number of carbonyl (C=O) groups is 1. The summed E-state index contributed by atoms with van der Waals surface area (Å²) >= 11 is 0. The molecule has 0 atom stereocenters. The Morgan fingerprint density at radius 3 is 2.52 bits per heavy atom. The predicted octanol–water partition coefficient (Wildman–Crippen LogP) is 0.262. The summed E-state index contributed by atoms with van der Waals surface area (Å²) in [4.78, 5) is 27.2. The number of ether oxygens (including phenoxy) is 1. The summed E-state index contributed by atoms with van der Waals surface area (Å²) < 4.78 is 5.58. The maximum absolute atomic E-state index is 11.0. The first-order valence-electron chi connectivity index (χ1n) is 6.60. The molecule has 2 heterocycles. The van der Waals surface area contributed by atoms with Crippen LogP contribution < -0.4 is 21.9 Å². The van der Waals surface area contributed by atoms with Gasteiger partial charge in [0.1, 0.15) is 12.4 Å². The van der Waals surface area contributed by atoms with Crippen LogP contribution in [0.25, 0.3) is 11.2 Å². The van der Waals surface area contributed by atoms with Crippen LogP contribution in [0.1, 0.15) is 16.1 Å². The van der Waals surface area contributed by atoms with Crippen molar-refractivity contribution in [1.29, 1.82) is 0 Å². The molecule has 0 spiro atoms. The first-order valence-corrected chi connectivity index (χ1v) is 6.60. The summed E-state index contributed by atoms with van der Waals surface area (Å²) in [5.74, 6) is 0.278. The van der Waals surface area contributed by atoms with E-state index in [0.29, 0.717) is 28.2 Å². The van der Waals surface area contributed by atoms with Crippen LogP contribution in [-0.2, 0) is 6.61 Å². The molecular formula is C14H13N7O2. The maximum Gasteiger partial charge on any atom is 0.248 e. The third kappa shape index (κ3) is 3.07. The van der Waals surface area contributed by atoms with Gasteiger partial charge >= 0.3 is 0 Å². The molecule has 0 aliphatic heterocycles. The van der Waals surface area contributed by atoms with Gasteiger partial charge in [0, 0.05) is 5.56 Å². The molecule has 9 nitrogen and oxygen atoms in total. The smallest absolute Gasteiger partial charge is 0.248 e. The lowest BCUT2D eigenvalue weighted by molar-refractivity contribution is 0.1000. The lowest BCUT2D eigenvalue weighted by Crippen LogP contribution is -2.10. The monoisotopic (exact) mass is 311 g/mol. The fourth-order valence-corrected chi connectivity index (χ4v) is 1.93. The number of primary amides is 1. The molecule has 3 aromatic rings. The van der Waals surface area contributed by atoms with Crippen molar-refractivity contribution in [2.45, 2.75) is 6.61 Å². The van der Waals surface area contributed by atoms with E-state index in [9.17, 15) is 4.79 Å². The lowest BCUT2D eigenvalue weighted by Gasteiger charge is -2.07. The maximum atomic E-state index is 11.0. The second-order valence-electron chi connectivity index (χ2n) is 4.68. The van der Waals surface area contributed by atoms with E-state index >= 15 is 0 Å². The van der Waals surface area contributed by atoms with Gasteiger partial charge in [0.15, 0.2) is 17.0 Å². The van der Waals surface area contributed by atoms with Gasteiger partial charge in [0.05, 0.1) is 11.9 Å². The highest BCUT2D eigenvalue weighted by Gasteiger charge is 2.08. The van der Waals surface area contributed by atoms with Gasteiger partial charge in [-0.25, -0.2) is 9.97 Å². The highest BCUT2D eigenvalue weighted by atomic mass is 16.5. The number of rotatable bonds is 4.